The Morgan fingerprint density at radius 2 is 2.04 bits per heavy atom. The number of fused-ring (bicyclic) bond motifs is 2. The molecule has 5 rings (SSSR count). The van der Waals surface area contributed by atoms with Gasteiger partial charge in [0.15, 0.2) is 0 Å². The molecule has 6 heteroatoms. The zero-order valence-electron chi connectivity index (χ0n) is 15.9. The topological polar surface area (TPSA) is 83.6 Å². The Balaban J connectivity index is 1.20. The van der Waals surface area contributed by atoms with Crippen molar-refractivity contribution in [2.45, 2.75) is 56.9 Å². The first-order valence-corrected chi connectivity index (χ1v) is 10.4. The average molecular weight is 375 g/mol. The second-order valence-corrected chi connectivity index (χ2v) is 8.70. The molecule has 1 N–H and O–H groups in total. The first-order chi connectivity index (χ1) is 13.7. The number of aromatic nitrogens is 3. The third-order valence-electron chi connectivity index (χ3n) is 6.69. The number of nitrogens with zero attached hydrogens (tertiary/aromatic N) is 4. The molecule has 3 saturated carbocycles. The number of rotatable bonds is 6. The van der Waals surface area contributed by atoms with Gasteiger partial charge in [-0.15, -0.1) is 5.10 Å². The predicted molar refractivity (Wildman–Crippen MR) is 104 cm³/mol. The third kappa shape index (κ3) is 3.42. The van der Waals surface area contributed by atoms with Crippen molar-refractivity contribution in [2.24, 2.45) is 17.8 Å². The molecule has 6 nitrogen and oxygen atoms in total. The molecule has 0 unspecified atom stereocenters. The van der Waals surface area contributed by atoms with E-state index in [0.29, 0.717) is 18.3 Å². The van der Waals surface area contributed by atoms with E-state index in [1.54, 1.807) is 4.68 Å². The van der Waals surface area contributed by atoms with Crippen molar-refractivity contribution >= 4 is 5.91 Å². The van der Waals surface area contributed by atoms with Crippen LogP contribution in [-0.2, 0) is 11.2 Å². The summed E-state index contributed by atoms with van der Waals surface area (Å²) in [5, 5.41) is 21.0. The molecule has 144 valence electrons. The number of nitrogens with one attached hydrogen (secondary N) is 1. The van der Waals surface area contributed by atoms with Gasteiger partial charge >= 0.3 is 0 Å². The van der Waals surface area contributed by atoms with Crippen LogP contribution < -0.4 is 5.32 Å². The van der Waals surface area contributed by atoms with Gasteiger partial charge in [0.05, 0.1) is 23.6 Å². The SMILES string of the molecule is N#C[C@H](Cc1ccc(-n2cc(C3CC3)nn2)cc1)NC(=O)[C@H]1C[C@@H]2CC[C@H]1C2. The van der Waals surface area contributed by atoms with Crippen molar-refractivity contribution in [1.29, 1.82) is 5.26 Å². The summed E-state index contributed by atoms with van der Waals surface area (Å²) in [6, 6.07) is 9.77. The number of amides is 1. The maximum absolute atomic E-state index is 12.6. The van der Waals surface area contributed by atoms with Crippen LogP contribution in [0.25, 0.3) is 5.69 Å². The van der Waals surface area contributed by atoms with Gasteiger partial charge in [-0.2, -0.15) is 5.26 Å². The van der Waals surface area contributed by atoms with Crippen LogP contribution >= 0.6 is 0 Å². The summed E-state index contributed by atoms with van der Waals surface area (Å²) in [6.45, 7) is 0. The second-order valence-electron chi connectivity index (χ2n) is 8.70. The van der Waals surface area contributed by atoms with Crippen LogP contribution in [0.5, 0.6) is 0 Å². The fourth-order valence-electron chi connectivity index (χ4n) is 4.96. The van der Waals surface area contributed by atoms with Crippen LogP contribution in [0.15, 0.2) is 30.5 Å². The van der Waals surface area contributed by atoms with Gasteiger partial charge < -0.3 is 5.32 Å². The van der Waals surface area contributed by atoms with Crippen LogP contribution in [-0.4, -0.2) is 26.9 Å². The fraction of sp³-hybridized carbons (Fsp3) is 0.545. The number of nitriles is 1. The second kappa shape index (κ2) is 7.05. The Morgan fingerprint density at radius 1 is 1.21 bits per heavy atom. The van der Waals surface area contributed by atoms with Crippen molar-refractivity contribution in [3.05, 3.63) is 41.7 Å². The highest BCUT2D eigenvalue weighted by atomic mass is 16.2. The smallest absolute Gasteiger partial charge is 0.224 e. The average Bonchev–Trinajstić information content (AvgIpc) is 3.13. The van der Waals surface area contributed by atoms with Crippen molar-refractivity contribution in [1.82, 2.24) is 20.3 Å². The molecule has 0 saturated heterocycles. The van der Waals surface area contributed by atoms with E-state index in [9.17, 15) is 10.1 Å². The van der Waals surface area contributed by atoms with Gasteiger partial charge in [-0.1, -0.05) is 23.8 Å². The van der Waals surface area contributed by atoms with Gasteiger partial charge in [0.1, 0.15) is 6.04 Å². The minimum Gasteiger partial charge on any atom is -0.340 e. The first-order valence-electron chi connectivity index (χ1n) is 10.4. The van der Waals surface area contributed by atoms with Crippen molar-refractivity contribution in [2.75, 3.05) is 0 Å². The van der Waals surface area contributed by atoms with Crippen molar-refractivity contribution < 1.29 is 4.79 Å². The van der Waals surface area contributed by atoms with E-state index in [1.807, 2.05) is 30.5 Å². The van der Waals surface area contributed by atoms with E-state index in [-0.39, 0.29) is 11.8 Å². The molecule has 0 aliphatic heterocycles. The van der Waals surface area contributed by atoms with E-state index >= 15 is 0 Å². The van der Waals surface area contributed by atoms with Crippen LogP contribution in [0.3, 0.4) is 0 Å². The van der Waals surface area contributed by atoms with Crippen LogP contribution in [0.4, 0.5) is 0 Å². The monoisotopic (exact) mass is 375 g/mol. The molecule has 4 atom stereocenters. The normalized spacial score (nSPS) is 26.8. The number of hydrogen-bond acceptors (Lipinski definition) is 4. The first kappa shape index (κ1) is 17.4. The van der Waals surface area contributed by atoms with Crippen molar-refractivity contribution in [3.8, 4) is 11.8 Å². The molecule has 0 radical (unpaired) electrons. The summed E-state index contributed by atoms with van der Waals surface area (Å²) in [4.78, 5) is 12.6. The Bertz CT molecular complexity index is 908. The van der Waals surface area contributed by atoms with Gasteiger partial charge in [0.2, 0.25) is 5.91 Å². The minimum absolute atomic E-state index is 0.0746. The Labute approximate surface area is 164 Å². The number of benzene rings is 1. The van der Waals surface area contributed by atoms with Crippen LogP contribution in [0.2, 0.25) is 0 Å². The summed E-state index contributed by atoms with van der Waals surface area (Å²) in [6.07, 6.45) is 9.59. The predicted octanol–water partition coefficient (Wildman–Crippen LogP) is 3.13. The number of carbonyl (C=O) groups is 1. The quantitative estimate of drug-likeness (QED) is 0.841. The molecule has 2 bridgehead atoms. The lowest BCUT2D eigenvalue weighted by atomic mass is 9.88. The molecule has 0 spiro atoms. The third-order valence-corrected chi connectivity index (χ3v) is 6.69. The van der Waals surface area contributed by atoms with E-state index < -0.39 is 6.04 Å². The van der Waals surface area contributed by atoms with Gasteiger partial charge in [-0.25, -0.2) is 4.68 Å². The summed E-state index contributed by atoms with van der Waals surface area (Å²) in [5.74, 6) is 2.04. The molecular weight excluding hydrogens is 350 g/mol. The minimum atomic E-state index is -0.481. The Kier molecular flexibility index (Phi) is 4.38. The summed E-state index contributed by atoms with van der Waals surface area (Å²) < 4.78 is 1.80. The molecule has 3 fully saturated rings. The lowest BCUT2D eigenvalue weighted by Crippen LogP contribution is -2.40. The lowest BCUT2D eigenvalue weighted by Gasteiger charge is -2.22. The van der Waals surface area contributed by atoms with E-state index in [1.165, 1.54) is 32.1 Å². The summed E-state index contributed by atoms with van der Waals surface area (Å²) in [5.41, 5.74) is 3.06. The van der Waals surface area contributed by atoms with Crippen LogP contribution in [0.1, 0.15) is 55.7 Å². The summed E-state index contributed by atoms with van der Waals surface area (Å²) in [7, 11) is 0. The largest absolute Gasteiger partial charge is 0.340 e. The molecule has 2 aromatic rings. The molecule has 1 aromatic heterocycles. The maximum Gasteiger partial charge on any atom is 0.224 e. The highest BCUT2D eigenvalue weighted by Gasteiger charge is 2.43. The summed E-state index contributed by atoms with van der Waals surface area (Å²) >= 11 is 0. The van der Waals surface area contributed by atoms with Gasteiger partial charge in [-0.3, -0.25) is 4.79 Å². The van der Waals surface area contributed by atoms with Crippen LogP contribution in [0, 0.1) is 29.1 Å². The zero-order chi connectivity index (χ0) is 19.1. The highest BCUT2D eigenvalue weighted by molar-refractivity contribution is 5.80. The Hall–Kier alpha value is -2.68. The molecule has 3 aliphatic carbocycles. The molecular formula is C22H25N5O. The molecule has 1 aromatic carbocycles. The number of carbonyl (C=O) groups excluding carboxylic acids is 1. The number of hydrogen-bond donors (Lipinski definition) is 1. The fourth-order valence-corrected chi connectivity index (χ4v) is 4.96. The Morgan fingerprint density at radius 3 is 2.68 bits per heavy atom. The van der Waals surface area contributed by atoms with E-state index in [4.69, 9.17) is 0 Å². The standard InChI is InChI=1S/C22H25N5O/c23-12-18(24-22(28)20-11-15-1-4-17(20)9-15)10-14-2-7-19(8-3-14)27-13-21(25-26-27)16-5-6-16/h2-3,7-8,13,15-18,20H,1,4-6,9-11H2,(H,24,28)/t15-,17+,18+,20+/m1/s1. The van der Waals surface area contributed by atoms with Gasteiger partial charge in [0, 0.05) is 18.3 Å². The lowest BCUT2D eigenvalue weighted by molar-refractivity contribution is -0.126. The molecule has 1 heterocycles. The van der Waals surface area contributed by atoms with Gasteiger partial charge in [0.25, 0.3) is 0 Å². The van der Waals surface area contributed by atoms with Gasteiger partial charge in [-0.05, 0) is 61.6 Å². The highest BCUT2D eigenvalue weighted by Crippen LogP contribution is 2.48. The molecule has 3 aliphatic rings. The van der Waals surface area contributed by atoms with E-state index in [0.717, 1.165) is 29.3 Å². The van der Waals surface area contributed by atoms with Crippen molar-refractivity contribution in [3.63, 3.8) is 0 Å². The molecule has 1 amide bonds. The molecule has 28 heavy (non-hydrogen) atoms. The van der Waals surface area contributed by atoms with E-state index in [2.05, 4.69) is 21.7 Å². The zero-order valence-corrected chi connectivity index (χ0v) is 15.9. The maximum atomic E-state index is 12.6.